The van der Waals surface area contributed by atoms with Crippen LogP contribution in [-0.4, -0.2) is 176 Å². The molecule has 286 valence electrons. The van der Waals surface area contributed by atoms with E-state index in [0.29, 0.717) is 0 Å². The molecule has 3 heterocycles. The quantitative estimate of drug-likeness (QED) is 0.0661. The summed E-state index contributed by atoms with van der Waals surface area (Å²) in [5, 5.41) is 61.5. The summed E-state index contributed by atoms with van der Waals surface area (Å²) < 4.78 is 134. The fourth-order valence-electron chi connectivity index (χ4n) is 5.24. The molecule has 0 aromatic rings. The Kier molecular flexibility index (Phi) is 14.2. The Labute approximate surface area is 278 Å². The molecule has 3 rings (SSSR count). The van der Waals surface area contributed by atoms with Gasteiger partial charge >= 0.3 is 37.2 Å². The van der Waals surface area contributed by atoms with Crippen molar-refractivity contribution in [3.05, 3.63) is 11.8 Å². The number of carbonyl (C=O) groups is 1. The van der Waals surface area contributed by atoms with Crippen LogP contribution in [0.25, 0.3) is 0 Å². The summed E-state index contributed by atoms with van der Waals surface area (Å²) >= 11 is 0. The number of carboxylic acid groups (broad SMARTS) is 1. The topological polar surface area (TPSA) is 375 Å². The molecule has 27 heteroatoms. The molecule has 24 nitrogen and oxygen atoms in total. The largest absolute Gasteiger partial charge is 0.478 e. The van der Waals surface area contributed by atoms with Crippen molar-refractivity contribution in [3.8, 4) is 0 Å². The first-order valence-corrected chi connectivity index (χ1v) is 18.0. The summed E-state index contributed by atoms with van der Waals surface area (Å²) in [7, 11) is -15.6. The lowest BCUT2D eigenvalue weighted by atomic mass is 9.83. The monoisotopic (exact) mass is 780 g/mol. The van der Waals surface area contributed by atoms with Gasteiger partial charge in [0.1, 0.15) is 42.7 Å². The van der Waals surface area contributed by atoms with Gasteiger partial charge in [-0.1, -0.05) is 0 Å². The average Bonchev–Trinajstić information content (AvgIpc) is 2.95. The molecule has 49 heavy (non-hydrogen) atoms. The van der Waals surface area contributed by atoms with Crippen LogP contribution in [0.5, 0.6) is 0 Å². The smallest absolute Gasteiger partial charge is 0.397 e. The number of aliphatic hydroxyl groups is 5. The van der Waals surface area contributed by atoms with Gasteiger partial charge < -0.3 is 54.3 Å². The van der Waals surface area contributed by atoms with Gasteiger partial charge in [-0.3, -0.25) is 13.7 Å². The second-order valence-electron chi connectivity index (χ2n) is 11.0. The molecular formula is C22H36O24S3. The number of ether oxygens (including phenoxy) is 5. The van der Waals surface area contributed by atoms with Gasteiger partial charge in [0.25, 0.3) is 0 Å². The first kappa shape index (κ1) is 41.7. The minimum absolute atomic E-state index is 0.564. The van der Waals surface area contributed by atoms with Gasteiger partial charge in [-0.25, -0.2) is 17.3 Å². The standard InChI is InChI=1S/C22H36O24S3/c1-8-19(45-48(33,34)35)18(26)20(46-49(36,37)38)15(42-8)6-39-3-9-10(22(29)44-14(16(9)24)7-41-47(30,31)32)4-40-5-13-17(25)11(23)2-12(43-13)21(27)28/h2,8-11,13-20,22-26,29H,3-7H2,1H3,(H,27,28)(H,30,31,32)(H,33,34,35)(H,36,37,38)/t8?,9?,10?,11?,13?,14?,15?,16-,17?,18?,19+,20?,22?/m1/s1. The van der Waals surface area contributed by atoms with E-state index in [0.717, 1.165) is 13.0 Å². The van der Waals surface area contributed by atoms with Gasteiger partial charge in [-0.05, 0) is 13.0 Å². The van der Waals surface area contributed by atoms with Crippen molar-refractivity contribution in [2.75, 3.05) is 33.0 Å². The van der Waals surface area contributed by atoms with E-state index in [-0.39, 0.29) is 0 Å². The Morgan fingerprint density at radius 2 is 1.24 bits per heavy atom. The number of hydrogen-bond acceptors (Lipinski definition) is 20. The predicted octanol–water partition coefficient (Wildman–Crippen LogP) is -5.24. The Morgan fingerprint density at radius 3 is 1.80 bits per heavy atom. The predicted molar refractivity (Wildman–Crippen MR) is 149 cm³/mol. The van der Waals surface area contributed by atoms with E-state index in [9.17, 15) is 60.1 Å². The fraction of sp³-hybridized carbons (Fsp3) is 0.864. The van der Waals surface area contributed by atoms with Crippen LogP contribution in [0.3, 0.4) is 0 Å². The third-order valence-electron chi connectivity index (χ3n) is 7.52. The van der Waals surface area contributed by atoms with Crippen molar-refractivity contribution >= 4 is 37.2 Å². The molecule has 0 aromatic heterocycles. The minimum atomic E-state index is -5.34. The zero-order valence-electron chi connectivity index (χ0n) is 25.0. The van der Waals surface area contributed by atoms with E-state index in [1.165, 1.54) is 0 Å². The summed E-state index contributed by atoms with van der Waals surface area (Å²) in [6, 6.07) is 0. The number of hydrogen-bond donors (Lipinski definition) is 9. The molecule has 0 aromatic carbocycles. The maximum atomic E-state index is 11.5. The molecular weight excluding hydrogens is 744 g/mol. The van der Waals surface area contributed by atoms with Gasteiger partial charge in [0.2, 0.25) is 5.76 Å². The average molecular weight is 781 g/mol. The molecule has 0 radical (unpaired) electrons. The van der Waals surface area contributed by atoms with Crippen molar-refractivity contribution in [2.45, 2.75) is 74.3 Å². The number of aliphatic carboxylic acids is 1. The zero-order valence-corrected chi connectivity index (χ0v) is 27.4. The normalized spacial score (nSPS) is 37.7. The van der Waals surface area contributed by atoms with Crippen molar-refractivity contribution < 1.29 is 111 Å². The highest BCUT2D eigenvalue weighted by atomic mass is 32.3. The van der Waals surface area contributed by atoms with Crippen LogP contribution in [0.4, 0.5) is 0 Å². The van der Waals surface area contributed by atoms with Crippen molar-refractivity contribution in [2.24, 2.45) is 11.8 Å². The molecule has 0 bridgehead atoms. The molecule has 13 atom stereocenters. The third kappa shape index (κ3) is 12.2. The fourth-order valence-corrected chi connectivity index (χ4v) is 6.62. The first-order valence-electron chi connectivity index (χ1n) is 13.9. The highest BCUT2D eigenvalue weighted by Gasteiger charge is 2.50. The van der Waals surface area contributed by atoms with Crippen molar-refractivity contribution in [1.29, 1.82) is 0 Å². The minimum Gasteiger partial charge on any atom is -0.478 e. The first-order chi connectivity index (χ1) is 22.5. The lowest BCUT2D eigenvalue weighted by molar-refractivity contribution is -0.272. The van der Waals surface area contributed by atoms with Crippen LogP contribution < -0.4 is 0 Å². The highest BCUT2D eigenvalue weighted by molar-refractivity contribution is 7.81. The third-order valence-corrected chi connectivity index (χ3v) is 8.88. The molecule has 0 aliphatic carbocycles. The molecule has 11 unspecified atom stereocenters. The Morgan fingerprint density at radius 1 is 0.694 bits per heavy atom. The summed E-state index contributed by atoms with van der Waals surface area (Å²) in [4.78, 5) is 11.3. The van der Waals surface area contributed by atoms with Crippen LogP contribution in [0.15, 0.2) is 11.8 Å². The summed E-state index contributed by atoms with van der Waals surface area (Å²) in [5.74, 6) is -4.84. The lowest BCUT2D eigenvalue weighted by Crippen LogP contribution is -2.60. The molecule has 3 aliphatic heterocycles. The van der Waals surface area contributed by atoms with E-state index in [2.05, 4.69) is 12.5 Å². The maximum absolute atomic E-state index is 11.5. The number of rotatable bonds is 16. The van der Waals surface area contributed by atoms with Crippen LogP contribution in [0, 0.1) is 11.8 Å². The Bertz CT molecular complexity index is 1480. The van der Waals surface area contributed by atoms with Gasteiger partial charge in [-0.15, -0.1) is 0 Å². The van der Waals surface area contributed by atoms with Gasteiger partial charge in [0.05, 0.1) is 45.2 Å². The molecule has 0 amide bonds. The molecule has 0 spiro atoms. The van der Waals surface area contributed by atoms with Crippen LogP contribution in [0.1, 0.15) is 6.92 Å². The summed E-state index contributed by atoms with van der Waals surface area (Å²) in [6.07, 6.45) is -18.5. The van der Waals surface area contributed by atoms with E-state index >= 15 is 0 Å². The molecule has 2 fully saturated rings. The molecule has 2 saturated heterocycles. The summed E-state index contributed by atoms with van der Waals surface area (Å²) in [6.45, 7) is -2.39. The molecule has 9 N–H and O–H groups in total. The number of aliphatic hydroxyl groups excluding tert-OH is 5. The highest BCUT2D eigenvalue weighted by Crippen LogP contribution is 2.33. The Balaban J connectivity index is 1.76. The van der Waals surface area contributed by atoms with Crippen LogP contribution in [0.2, 0.25) is 0 Å². The van der Waals surface area contributed by atoms with Crippen molar-refractivity contribution in [1.82, 2.24) is 0 Å². The summed E-state index contributed by atoms with van der Waals surface area (Å²) in [5.41, 5.74) is 0. The van der Waals surface area contributed by atoms with E-state index in [1.54, 1.807) is 0 Å². The van der Waals surface area contributed by atoms with E-state index < -0.39 is 155 Å². The van der Waals surface area contributed by atoms with Crippen molar-refractivity contribution in [3.63, 3.8) is 0 Å². The number of carboxylic acids is 1. The SMILES string of the molecule is CC1OC(COCC2C(COCC3OC(C(=O)O)=CC(O)C3O)C(O)OC(COS(=O)(=O)O)[C@@H]2O)C(OS(=O)(=O)O)C(O)[C@H]1OS(=O)(=O)O. The van der Waals surface area contributed by atoms with Gasteiger partial charge in [0, 0.05) is 11.8 Å². The van der Waals surface area contributed by atoms with E-state index in [1.807, 2.05) is 0 Å². The van der Waals surface area contributed by atoms with E-state index in [4.69, 9.17) is 37.9 Å². The maximum Gasteiger partial charge on any atom is 0.397 e. The van der Waals surface area contributed by atoms with Gasteiger partial charge in [-0.2, -0.15) is 25.3 Å². The van der Waals surface area contributed by atoms with Crippen LogP contribution >= 0.6 is 0 Å². The lowest BCUT2D eigenvalue weighted by Gasteiger charge is -2.44. The Hall–Kier alpha value is -1.74. The zero-order chi connectivity index (χ0) is 37.1. The molecule has 3 aliphatic rings. The molecule has 0 saturated carbocycles. The second-order valence-corrected chi connectivity index (χ2v) is 14.2. The van der Waals surface area contributed by atoms with Crippen LogP contribution in [-0.2, 0) is 72.2 Å². The second kappa shape index (κ2) is 16.7. The van der Waals surface area contributed by atoms with Gasteiger partial charge in [0.15, 0.2) is 12.4 Å².